The summed E-state index contributed by atoms with van der Waals surface area (Å²) in [5.41, 5.74) is 6.32. The van der Waals surface area contributed by atoms with E-state index in [2.05, 4.69) is 5.32 Å². The third kappa shape index (κ3) is 2.20. The monoisotopic (exact) mass is 168 g/mol. The van der Waals surface area contributed by atoms with E-state index in [9.17, 15) is 0 Å². The fourth-order valence-electron chi connectivity index (χ4n) is 2.07. The van der Waals surface area contributed by atoms with Gasteiger partial charge >= 0.3 is 0 Å². The van der Waals surface area contributed by atoms with Crippen molar-refractivity contribution in [2.24, 2.45) is 11.7 Å². The van der Waals surface area contributed by atoms with Crippen LogP contribution in [0, 0.1) is 5.92 Å². The lowest BCUT2D eigenvalue weighted by molar-refractivity contribution is 0.337. The molecule has 0 radical (unpaired) electrons. The highest BCUT2D eigenvalue weighted by molar-refractivity contribution is 4.98. The predicted molar refractivity (Wildman–Crippen MR) is 51.0 cm³/mol. The number of nitrogens with one attached hydrogen (secondary N) is 1. The summed E-state index contributed by atoms with van der Waals surface area (Å²) in [6.45, 7) is 2.46. The Kier molecular flexibility index (Phi) is 2.37. The van der Waals surface area contributed by atoms with E-state index in [1.165, 1.54) is 51.6 Å². The highest BCUT2D eigenvalue weighted by Crippen LogP contribution is 2.38. The van der Waals surface area contributed by atoms with Gasteiger partial charge in [0.25, 0.3) is 0 Å². The molecule has 12 heavy (non-hydrogen) atoms. The van der Waals surface area contributed by atoms with Gasteiger partial charge in [0.2, 0.25) is 0 Å². The van der Waals surface area contributed by atoms with Crippen LogP contribution >= 0.6 is 0 Å². The maximum absolute atomic E-state index is 6.04. The number of rotatable bonds is 3. The van der Waals surface area contributed by atoms with Gasteiger partial charge in [0, 0.05) is 5.54 Å². The van der Waals surface area contributed by atoms with Gasteiger partial charge in [-0.1, -0.05) is 0 Å². The fourth-order valence-corrected chi connectivity index (χ4v) is 2.07. The molecule has 0 aromatic rings. The summed E-state index contributed by atoms with van der Waals surface area (Å²) < 4.78 is 0. The maximum atomic E-state index is 6.04. The van der Waals surface area contributed by atoms with Crippen molar-refractivity contribution in [2.45, 2.75) is 44.1 Å². The second kappa shape index (κ2) is 3.35. The summed E-state index contributed by atoms with van der Waals surface area (Å²) in [6, 6.07) is 0. The molecule has 1 saturated carbocycles. The van der Waals surface area contributed by atoms with Gasteiger partial charge in [0.15, 0.2) is 0 Å². The first-order valence-electron chi connectivity index (χ1n) is 5.28. The van der Waals surface area contributed by atoms with Gasteiger partial charge in [0.05, 0.1) is 0 Å². The van der Waals surface area contributed by atoms with Gasteiger partial charge < -0.3 is 11.1 Å². The molecule has 0 aromatic heterocycles. The molecule has 0 aromatic carbocycles. The molecule has 1 heterocycles. The average molecular weight is 168 g/mol. The van der Waals surface area contributed by atoms with E-state index in [0.717, 1.165) is 5.92 Å². The van der Waals surface area contributed by atoms with E-state index >= 15 is 0 Å². The molecule has 3 N–H and O–H groups in total. The topological polar surface area (TPSA) is 38.0 Å². The van der Waals surface area contributed by atoms with Gasteiger partial charge in [-0.15, -0.1) is 0 Å². The standard InChI is InChI=1S/C10H20N2/c11-10(5-6-10)4-3-9-2-1-7-12-8-9/h9,12H,1-8,11H2. The van der Waals surface area contributed by atoms with Crippen LogP contribution in [0.2, 0.25) is 0 Å². The molecular formula is C10H20N2. The molecule has 2 aliphatic rings. The van der Waals surface area contributed by atoms with Crippen molar-refractivity contribution in [2.75, 3.05) is 13.1 Å². The highest BCUT2D eigenvalue weighted by atomic mass is 14.9. The van der Waals surface area contributed by atoms with Crippen LogP contribution in [0.4, 0.5) is 0 Å². The molecular weight excluding hydrogens is 148 g/mol. The Hall–Kier alpha value is -0.0800. The smallest absolute Gasteiger partial charge is 0.0155 e. The van der Waals surface area contributed by atoms with Crippen LogP contribution in [0.15, 0.2) is 0 Å². The summed E-state index contributed by atoms with van der Waals surface area (Å²) in [6.07, 6.45) is 7.94. The first-order chi connectivity index (χ1) is 5.79. The van der Waals surface area contributed by atoms with E-state index in [1.54, 1.807) is 0 Å². The maximum Gasteiger partial charge on any atom is 0.0155 e. The second-order valence-electron chi connectivity index (χ2n) is 4.61. The van der Waals surface area contributed by atoms with Crippen LogP contribution in [-0.4, -0.2) is 18.6 Å². The van der Waals surface area contributed by atoms with E-state index in [-0.39, 0.29) is 5.54 Å². The molecule has 1 aliphatic heterocycles. The van der Waals surface area contributed by atoms with Gasteiger partial charge in [0.1, 0.15) is 0 Å². The Balaban J connectivity index is 1.65. The normalized spacial score (nSPS) is 33.2. The minimum absolute atomic E-state index is 0.275. The molecule has 1 unspecified atom stereocenters. The van der Waals surface area contributed by atoms with Gasteiger partial charge in [-0.25, -0.2) is 0 Å². The Bertz CT molecular complexity index is 146. The van der Waals surface area contributed by atoms with E-state index in [4.69, 9.17) is 5.73 Å². The van der Waals surface area contributed by atoms with Crippen molar-refractivity contribution < 1.29 is 0 Å². The van der Waals surface area contributed by atoms with Crippen LogP contribution in [0.25, 0.3) is 0 Å². The largest absolute Gasteiger partial charge is 0.325 e. The molecule has 2 rings (SSSR count). The number of nitrogens with two attached hydrogens (primary N) is 1. The lowest BCUT2D eigenvalue weighted by atomic mass is 9.92. The summed E-state index contributed by atoms with van der Waals surface area (Å²) in [5, 5.41) is 3.45. The van der Waals surface area contributed by atoms with Crippen molar-refractivity contribution >= 4 is 0 Å². The second-order valence-corrected chi connectivity index (χ2v) is 4.61. The molecule has 1 aliphatic carbocycles. The first kappa shape index (κ1) is 8.52. The van der Waals surface area contributed by atoms with Gasteiger partial charge in [-0.05, 0) is 57.5 Å². The number of hydrogen-bond acceptors (Lipinski definition) is 2. The number of hydrogen-bond donors (Lipinski definition) is 2. The molecule has 70 valence electrons. The molecule has 0 bridgehead atoms. The van der Waals surface area contributed by atoms with Crippen LogP contribution in [-0.2, 0) is 0 Å². The van der Waals surface area contributed by atoms with Crippen LogP contribution in [0.3, 0.4) is 0 Å². The first-order valence-corrected chi connectivity index (χ1v) is 5.28. The van der Waals surface area contributed by atoms with Crippen LogP contribution in [0.5, 0.6) is 0 Å². The zero-order chi connectivity index (χ0) is 8.44. The lowest BCUT2D eigenvalue weighted by Crippen LogP contribution is -2.31. The highest BCUT2D eigenvalue weighted by Gasteiger charge is 2.37. The molecule has 0 spiro atoms. The number of piperidine rings is 1. The van der Waals surface area contributed by atoms with Gasteiger partial charge in [-0.2, -0.15) is 0 Å². The molecule has 2 nitrogen and oxygen atoms in total. The summed E-state index contributed by atoms with van der Waals surface area (Å²) in [7, 11) is 0. The van der Waals surface area contributed by atoms with Crippen molar-refractivity contribution in [3.63, 3.8) is 0 Å². The Morgan fingerprint density at radius 3 is 2.83 bits per heavy atom. The molecule has 1 atom stereocenters. The average Bonchev–Trinajstić information content (AvgIpc) is 2.84. The summed E-state index contributed by atoms with van der Waals surface area (Å²) >= 11 is 0. The zero-order valence-electron chi connectivity index (χ0n) is 7.81. The fraction of sp³-hybridized carbons (Fsp3) is 1.00. The Morgan fingerprint density at radius 1 is 1.42 bits per heavy atom. The van der Waals surface area contributed by atoms with Gasteiger partial charge in [-0.3, -0.25) is 0 Å². The lowest BCUT2D eigenvalue weighted by Gasteiger charge is -2.23. The quantitative estimate of drug-likeness (QED) is 0.665. The third-order valence-electron chi connectivity index (χ3n) is 3.34. The Labute approximate surface area is 74.9 Å². The molecule has 0 amide bonds. The zero-order valence-corrected chi connectivity index (χ0v) is 7.81. The van der Waals surface area contributed by atoms with Crippen molar-refractivity contribution in [3.8, 4) is 0 Å². The van der Waals surface area contributed by atoms with E-state index < -0.39 is 0 Å². The van der Waals surface area contributed by atoms with E-state index in [0.29, 0.717) is 0 Å². The molecule has 2 fully saturated rings. The summed E-state index contributed by atoms with van der Waals surface area (Å²) in [4.78, 5) is 0. The third-order valence-corrected chi connectivity index (χ3v) is 3.34. The molecule has 1 saturated heterocycles. The van der Waals surface area contributed by atoms with E-state index in [1.807, 2.05) is 0 Å². The van der Waals surface area contributed by atoms with Crippen molar-refractivity contribution in [1.29, 1.82) is 0 Å². The van der Waals surface area contributed by atoms with Crippen LogP contribution < -0.4 is 11.1 Å². The molecule has 2 heteroatoms. The summed E-state index contributed by atoms with van der Waals surface area (Å²) in [5.74, 6) is 0.916. The van der Waals surface area contributed by atoms with Crippen molar-refractivity contribution in [3.05, 3.63) is 0 Å². The SMILES string of the molecule is NC1(CCC2CCCNC2)CC1. The predicted octanol–water partition coefficient (Wildman–Crippen LogP) is 1.26. The van der Waals surface area contributed by atoms with Crippen LogP contribution in [0.1, 0.15) is 38.5 Å². The Morgan fingerprint density at radius 2 is 2.25 bits per heavy atom. The minimum atomic E-state index is 0.275. The van der Waals surface area contributed by atoms with Crippen molar-refractivity contribution in [1.82, 2.24) is 5.32 Å². The minimum Gasteiger partial charge on any atom is -0.325 e.